The molecule has 0 fully saturated rings. The summed E-state index contributed by atoms with van der Waals surface area (Å²) in [5.74, 6) is 0.248. The number of rotatable bonds is 5. The van der Waals surface area contributed by atoms with Crippen LogP contribution in [0.2, 0.25) is 5.02 Å². The Labute approximate surface area is 194 Å². The third kappa shape index (κ3) is 5.60. The number of halogens is 2. The molecule has 1 aromatic heterocycles. The molecule has 0 aliphatic carbocycles. The van der Waals surface area contributed by atoms with Gasteiger partial charge in [-0.25, -0.2) is 0 Å². The molecule has 2 amide bonds. The van der Waals surface area contributed by atoms with Crippen LogP contribution in [0.25, 0.3) is 10.1 Å². The molecule has 0 atom stereocenters. The number of hydrazine groups is 1. The van der Waals surface area contributed by atoms with Crippen molar-refractivity contribution in [1.29, 1.82) is 0 Å². The minimum atomic E-state index is -0.488. The van der Waals surface area contributed by atoms with Crippen LogP contribution in [0.3, 0.4) is 0 Å². The van der Waals surface area contributed by atoms with Gasteiger partial charge in [-0.1, -0.05) is 27.5 Å². The van der Waals surface area contributed by atoms with E-state index in [1.807, 2.05) is 0 Å². The van der Waals surface area contributed by atoms with Gasteiger partial charge in [0.15, 0.2) is 11.7 Å². The molecule has 156 valence electrons. The van der Waals surface area contributed by atoms with Gasteiger partial charge in [0.05, 0.1) is 12.1 Å². The fourth-order valence-electron chi connectivity index (χ4n) is 2.35. The first kappa shape index (κ1) is 22.3. The second-order valence-corrected chi connectivity index (χ2v) is 8.56. The Hall–Kier alpha value is -2.40. The second-order valence-electron chi connectivity index (χ2n) is 5.81. The zero-order chi connectivity index (χ0) is 21.7. The van der Waals surface area contributed by atoms with Gasteiger partial charge in [-0.2, -0.15) is 0 Å². The molecule has 0 bridgehead atoms. The largest absolute Gasteiger partial charge is 0.497 e. The summed E-state index contributed by atoms with van der Waals surface area (Å²) in [7, 11) is 1.56. The SMILES string of the molecule is COc1ccc2c(Cl)c(C(=O)NC(=S)NNC(=O)COc3ccc(Br)cc3)sc2c1. The third-order valence-electron chi connectivity index (χ3n) is 3.77. The van der Waals surface area contributed by atoms with Gasteiger partial charge in [0.2, 0.25) is 0 Å². The first-order chi connectivity index (χ1) is 14.4. The first-order valence-corrected chi connectivity index (χ1v) is 10.8. The van der Waals surface area contributed by atoms with Crippen LogP contribution in [0.5, 0.6) is 11.5 Å². The molecule has 0 saturated heterocycles. The lowest BCUT2D eigenvalue weighted by Crippen LogP contribution is -2.49. The van der Waals surface area contributed by atoms with Crippen molar-refractivity contribution in [2.75, 3.05) is 13.7 Å². The molecule has 2 aromatic carbocycles. The summed E-state index contributed by atoms with van der Waals surface area (Å²) in [5, 5.41) is 3.46. The zero-order valence-electron chi connectivity index (χ0n) is 15.5. The fraction of sp³-hybridized carbons (Fsp3) is 0.105. The number of methoxy groups -OCH3 is 1. The molecule has 7 nitrogen and oxygen atoms in total. The highest BCUT2D eigenvalue weighted by atomic mass is 79.9. The van der Waals surface area contributed by atoms with E-state index in [1.165, 1.54) is 11.3 Å². The summed E-state index contributed by atoms with van der Waals surface area (Å²) in [6.07, 6.45) is 0. The number of carbonyl (C=O) groups excluding carboxylic acids is 2. The van der Waals surface area contributed by atoms with Crippen LogP contribution in [-0.4, -0.2) is 30.6 Å². The van der Waals surface area contributed by atoms with Gasteiger partial charge in [0.1, 0.15) is 16.4 Å². The van der Waals surface area contributed by atoms with Crippen LogP contribution >= 0.6 is 51.1 Å². The molecular formula is C19H15BrClN3O4S2. The normalized spacial score (nSPS) is 10.4. The lowest BCUT2D eigenvalue weighted by atomic mass is 10.2. The van der Waals surface area contributed by atoms with Crippen molar-refractivity contribution in [3.05, 3.63) is 56.8 Å². The number of hydrogen-bond acceptors (Lipinski definition) is 6. The van der Waals surface area contributed by atoms with E-state index in [2.05, 4.69) is 32.1 Å². The van der Waals surface area contributed by atoms with Crippen molar-refractivity contribution in [1.82, 2.24) is 16.2 Å². The van der Waals surface area contributed by atoms with E-state index in [1.54, 1.807) is 49.6 Å². The first-order valence-electron chi connectivity index (χ1n) is 8.42. The predicted molar refractivity (Wildman–Crippen MR) is 124 cm³/mol. The quantitative estimate of drug-likeness (QED) is 0.342. The molecule has 11 heteroatoms. The van der Waals surface area contributed by atoms with Crippen LogP contribution in [-0.2, 0) is 4.79 Å². The zero-order valence-corrected chi connectivity index (χ0v) is 19.4. The average molecular weight is 529 g/mol. The number of hydrogen-bond donors (Lipinski definition) is 3. The number of fused-ring (bicyclic) bond motifs is 1. The van der Waals surface area contributed by atoms with E-state index < -0.39 is 11.8 Å². The van der Waals surface area contributed by atoms with Crippen LogP contribution in [0, 0.1) is 0 Å². The number of carbonyl (C=O) groups is 2. The Morgan fingerprint density at radius 3 is 2.53 bits per heavy atom. The standard InChI is InChI=1S/C19H15BrClN3O4S2/c1-27-12-6-7-13-14(8-12)30-17(16(13)21)18(26)22-19(29)24-23-15(25)9-28-11-4-2-10(20)3-5-11/h2-8H,9H2,1H3,(H,23,25)(H2,22,24,26,29). The molecule has 0 aliphatic heterocycles. The van der Waals surface area contributed by atoms with Crippen LogP contribution in [0.1, 0.15) is 9.67 Å². The van der Waals surface area contributed by atoms with Crippen molar-refractivity contribution in [3.8, 4) is 11.5 Å². The lowest BCUT2D eigenvalue weighted by Gasteiger charge is -2.11. The van der Waals surface area contributed by atoms with Gasteiger partial charge in [0.25, 0.3) is 11.8 Å². The van der Waals surface area contributed by atoms with Crippen molar-refractivity contribution in [2.24, 2.45) is 0 Å². The second kappa shape index (κ2) is 10.1. The van der Waals surface area contributed by atoms with Crippen molar-refractivity contribution in [2.45, 2.75) is 0 Å². The van der Waals surface area contributed by atoms with Gasteiger partial charge in [-0.05, 0) is 54.7 Å². The Morgan fingerprint density at radius 2 is 1.83 bits per heavy atom. The number of nitrogens with one attached hydrogen (secondary N) is 3. The van der Waals surface area contributed by atoms with E-state index in [9.17, 15) is 9.59 Å². The van der Waals surface area contributed by atoms with Crippen LogP contribution < -0.4 is 25.6 Å². The maximum Gasteiger partial charge on any atom is 0.276 e. The molecule has 1 heterocycles. The molecule has 0 radical (unpaired) electrons. The van der Waals surface area contributed by atoms with Gasteiger partial charge in [0, 0.05) is 14.6 Å². The third-order valence-corrected chi connectivity index (χ3v) is 6.16. The minimum Gasteiger partial charge on any atom is -0.497 e. The number of thiocarbonyl (C=S) groups is 1. The van der Waals surface area contributed by atoms with Crippen LogP contribution in [0.4, 0.5) is 0 Å². The maximum absolute atomic E-state index is 12.5. The van der Waals surface area contributed by atoms with Crippen LogP contribution in [0.15, 0.2) is 46.9 Å². The van der Waals surface area contributed by atoms with Gasteiger partial charge < -0.3 is 9.47 Å². The summed E-state index contributed by atoms with van der Waals surface area (Å²) in [5.41, 5.74) is 4.81. The molecular weight excluding hydrogens is 514 g/mol. The number of ether oxygens (including phenoxy) is 2. The lowest BCUT2D eigenvalue weighted by molar-refractivity contribution is -0.123. The van der Waals surface area contributed by atoms with Crippen molar-refractivity contribution < 1.29 is 19.1 Å². The molecule has 3 aromatic rings. The fourth-order valence-corrected chi connectivity index (χ4v) is 4.20. The smallest absolute Gasteiger partial charge is 0.276 e. The molecule has 0 aliphatic rings. The van der Waals surface area contributed by atoms with Crippen molar-refractivity contribution in [3.63, 3.8) is 0 Å². The summed E-state index contributed by atoms with van der Waals surface area (Å²) >= 11 is 15.9. The monoisotopic (exact) mass is 527 g/mol. The Balaban J connectivity index is 1.51. The van der Waals surface area contributed by atoms with Gasteiger partial charge in [-0.3, -0.25) is 25.8 Å². The maximum atomic E-state index is 12.5. The van der Waals surface area contributed by atoms with E-state index >= 15 is 0 Å². The number of benzene rings is 2. The predicted octanol–water partition coefficient (Wildman–Crippen LogP) is 4.04. The number of amides is 2. The topological polar surface area (TPSA) is 88.7 Å². The average Bonchev–Trinajstić information content (AvgIpc) is 3.07. The molecule has 0 saturated carbocycles. The Kier molecular flexibility index (Phi) is 7.48. The molecule has 0 spiro atoms. The van der Waals surface area contributed by atoms with Gasteiger partial charge >= 0.3 is 0 Å². The van der Waals surface area contributed by atoms with Crippen molar-refractivity contribution >= 4 is 78.1 Å². The highest BCUT2D eigenvalue weighted by Gasteiger charge is 2.18. The molecule has 3 rings (SSSR count). The number of thiophene rings is 1. The Morgan fingerprint density at radius 1 is 1.13 bits per heavy atom. The summed E-state index contributed by atoms with van der Waals surface area (Å²) in [4.78, 5) is 24.7. The van der Waals surface area contributed by atoms with E-state index in [0.29, 0.717) is 21.4 Å². The van der Waals surface area contributed by atoms with E-state index in [-0.39, 0.29) is 11.7 Å². The van der Waals surface area contributed by atoms with Gasteiger partial charge in [-0.15, -0.1) is 11.3 Å². The molecule has 3 N–H and O–H groups in total. The van der Waals surface area contributed by atoms with E-state index in [4.69, 9.17) is 33.3 Å². The minimum absolute atomic E-state index is 0.0805. The summed E-state index contributed by atoms with van der Waals surface area (Å²) < 4.78 is 12.2. The summed E-state index contributed by atoms with van der Waals surface area (Å²) in [6.45, 7) is -0.227. The Bertz CT molecular complexity index is 1110. The molecule has 30 heavy (non-hydrogen) atoms. The highest BCUT2D eigenvalue weighted by molar-refractivity contribution is 9.10. The summed E-state index contributed by atoms with van der Waals surface area (Å²) in [6, 6.07) is 12.4. The molecule has 0 unspecified atom stereocenters. The van der Waals surface area contributed by atoms with E-state index in [0.717, 1.165) is 14.6 Å². The highest BCUT2D eigenvalue weighted by Crippen LogP contribution is 2.37.